The Bertz CT molecular complexity index is 634. The zero-order valence-corrected chi connectivity index (χ0v) is 13.0. The van der Waals surface area contributed by atoms with Gasteiger partial charge in [0.25, 0.3) is 5.91 Å². The molecule has 0 saturated carbocycles. The molecule has 4 nitrogen and oxygen atoms in total. The quantitative estimate of drug-likeness (QED) is 0.914. The molecule has 2 aromatic rings. The summed E-state index contributed by atoms with van der Waals surface area (Å²) >= 11 is 9.37. The van der Waals surface area contributed by atoms with Crippen LogP contribution in [0.4, 0.5) is 0 Å². The van der Waals surface area contributed by atoms with Crippen molar-refractivity contribution in [1.29, 1.82) is 0 Å². The van der Waals surface area contributed by atoms with Crippen molar-refractivity contribution in [3.63, 3.8) is 0 Å². The maximum absolute atomic E-state index is 12.1. The normalized spacial score (nSPS) is 10.2. The number of halogens is 2. The van der Waals surface area contributed by atoms with E-state index in [1.165, 1.54) is 0 Å². The van der Waals surface area contributed by atoms with Gasteiger partial charge in [-0.25, -0.2) is 4.98 Å². The van der Waals surface area contributed by atoms with E-state index in [1.54, 1.807) is 37.6 Å². The van der Waals surface area contributed by atoms with Crippen molar-refractivity contribution in [3.8, 4) is 5.88 Å². The van der Waals surface area contributed by atoms with Crippen molar-refractivity contribution < 1.29 is 9.53 Å². The summed E-state index contributed by atoms with van der Waals surface area (Å²) in [5, 5.41) is 3.19. The number of hydrogen-bond donors (Lipinski definition) is 1. The minimum absolute atomic E-state index is 0.248. The van der Waals surface area contributed by atoms with Crippen LogP contribution in [0.15, 0.2) is 41.0 Å². The molecule has 1 N–H and O–H groups in total. The molecule has 0 aliphatic carbocycles. The first-order chi connectivity index (χ1) is 9.63. The van der Waals surface area contributed by atoms with Gasteiger partial charge >= 0.3 is 0 Å². The Morgan fingerprint density at radius 2 is 2.20 bits per heavy atom. The Morgan fingerprint density at radius 3 is 2.95 bits per heavy atom. The molecular formula is C14H12BrClN2O2. The van der Waals surface area contributed by atoms with Gasteiger partial charge < -0.3 is 10.1 Å². The minimum Gasteiger partial charge on any atom is -0.481 e. The fourth-order valence-corrected chi connectivity index (χ4v) is 2.27. The molecule has 0 aliphatic heterocycles. The summed E-state index contributed by atoms with van der Waals surface area (Å²) in [4.78, 5) is 16.2. The van der Waals surface area contributed by atoms with Crippen LogP contribution in [0.25, 0.3) is 0 Å². The summed E-state index contributed by atoms with van der Waals surface area (Å²) in [6, 6.07) is 8.84. The van der Waals surface area contributed by atoms with E-state index in [0.717, 1.165) is 5.56 Å². The number of carbonyl (C=O) groups excluding carboxylic acids is 1. The smallest absolute Gasteiger partial charge is 0.253 e. The van der Waals surface area contributed by atoms with E-state index >= 15 is 0 Å². The summed E-state index contributed by atoms with van der Waals surface area (Å²) in [5.41, 5.74) is 1.22. The van der Waals surface area contributed by atoms with Crippen LogP contribution in [-0.4, -0.2) is 18.0 Å². The summed E-state index contributed by atoms with van der Waals surface area (Å²) < 4.78 is 5.82. The molecule has 104 valence electrons. The number of methoxy groups -OCH3 is 1. The molecule has 6 heteroatoms. The molecule has 0 radical (unpaired) electrons. The molecule has 0 spiro atoms. The van der Waals surface area contributed by atoms with E-state index in [4.69, 9.17) is 16.3 Å². The average molecular weight is 356 g/mol. The van der Waals surface area contributed by atoms with Crippen LogP contribution in [0, 0.1) is 0 Å². The third kappa shape index (κ3) is 3.29. The molecule has 0 bridgehead atoms. The van der Waals surface area contributed by atoms with E-state index in [9.17, 15) is 4.79 Å². The highest BCUT2D eigenvalue weighted by atomic mass is 79.9. The SMILES string of the molecule is COc1ncccc1CNC(=O)c1cccc(Br)c1Cl. The second kappa shape index (κ2) is 6.72. The molecule has 1 amide bonds. The number of carbonyl (C=O) groups is 1. The van der Waals surface area contributed by atoms with E-state index < -0.39 is 0 Å². The Labute approximate surface area is 130 Å². The molecule has 0 atom stereocenters. The van der Waals surface area contributed by atoms with Crippen molar-refractivity contribution in [3.05, 3.63) is 57.2 Å². The van der Waals surface area contributed by atoms with Crippen LogP contribution in [0.2, 0.25) is 5.02 Å². The van der Waals surface area contributed by atoms with Crippen LogP contribution in [0.3, 0.4) is 0 Å². The first-order valence-corrected chi connectivity index (χ1v) is 7.00. The van der Waals surface area contributed by atoms with Gasteiger partial charge in [0.2, 0.25) is 5.88 Å². The highest BCUT2D eigenvalue weighted by Crippen LogP contribution is 2.26. The summed E-state index contributed by atoms with van der Waals surface area (Å²) in [6.07, 6.45) is 1.63. The Hall–Kier alpha value is -1.59. The van der Waals surface area contributed by atoms with Crippen molar-refractivity contribution in [2.75, 3.05) is 7.11 Å². The lowest BCUT2D eigenvalue weighted by molar-refractivity contribution is 0.0950. The third-order valence-electron chi connectivity index (χ3n) is 2.68. The number of pyridine rings is 1. The molecule has 2 rings (SSSR count). The molecule has 1 heterocycles. The lowest BCUT2D eigenvalue weighted by atomic mass is 10.2. The van der Waals surface area contributed by atoms with Crippen LogP contribution in [-0.2, 0) is 6.54 Å². The number of nitrogens with zero attached hydrogens (tertiary/aromatic N) is 1. The van der Waals surface area contributed by atoms with Gasteiger partial charge in [-0.3, -0.25) is 4.79 Å². The van der Waals surface area contributed by atoms with Crippen molar-refractivity contribution in [1.82, 2.24) is 10.3 Å². The van der Waals surface area contributed by atoms with Gasteiger partial charge in [-0.15, -0.1) is 0 Å². The average Bonchev–Trinajstić information content (AvgIpc) is 2.48. The Morgan fingerprint density at radius 1 is 1.40 bits per heavy atom. The van der Waals surface area contributed by atoms with E-state index in [0.29, 0.717) is 27.5 Å². The predicted octanol–water partition coefficient (Wildman–Crippen LogP) is 3.44. The molecule has 0 saturated heterocycles. The summed E-state index contributed by atoms with van der Waals surface area (Å²) in [6.45, 7) is 0.318. The van der Waals surface area contributed by atoms with Gasteiger partial charge in [-0.2, -0.15) is 0 Å². The molecule has 1 aromatic carbocycles. The Balaban J connectivity index is 2.11. The largest absolute Gasteiger partial charge is 0.481 e. The van der Waals surface area contributed by atoms with Crippen LogP contribution >= 0.6 is 27.5 Å². The molecule has 0 fully saturated rings. The zero-order valence-electron chi connectivity index (χ0n) is 10.7. The highest BCUT2D eigenvalue weighted by molar-refractivity contribution is 9.10. The fraction of sp³-hybridized carbons (Fsp3) is 0.143. The van der Waals surface area contributed by atoms with Crippen molar-refractivity contribution >= 4 is 33.4 Å². The molecule has 0 aliphatic rings. The minimum atomic E-state index is -0.248. The molecule has 20 heavy (non-hydrogen) atoms. The van der Waals surface area contributed by atoms with Crippen molar-refractivity contribution in [2.24, 2.45) is 0 Å². The second-order valence-electron chi connectivity index (χ2n) is 3.96. The van der Waals surface area contributed by atoms with Crippen LogP contribution in [0.5, 0.6) is 5.88 Å². The first-order valence-electron chi connectivity index (χ1n) is 5.83. The molecule has 0 unspecified atom stereocenters. The fourth-order valence-electron chi connectivity index (χ4n) is 1.69. The number of ether oxygens (including phenoxy) is 1. The van der Waals surface area contributed by atoms with E-state index in [2.05, 4.69) is 26.2 Å². The van der Waals surface area contributed by atoms with Crippen LogP contribution in [0.1, 0.15) is 15.9 Å². The van der Waals surface area contributed by atoms with Gasteiger partial charge in [0.1, 0.15) is 0 Å². The third-order valence-corrected chi connectivity index (χ3v) is 3.98. The maximum atomic E-state index is 12.1. The van der Waals surface area contributed by atoms with Gasteiger partial charge in [0.05, 0.1) is 17.7 Å². The number of aromatic nitrogens is 1. The zero-order chi connectivity index (χ0) is 14.5. The van der Waals surface area contributed by atoms with Gasteiger partial charge in [-0.05, 0) is 34.1 Å². The van der Waals surface area contributed by atoms with Crippen LogP contribution < -0.4 is 10.1 Å². The lowest BCUT2D eigenvalue weighted by Crippen LogP contribution is -2.23. The number of amides is 1. The highest BCUT2D eigenvalue weighted by Gasteiger charge is 2.13. The first kappa shape index (κ1) is 14.8. The van der Waals surface area contributed by atoms with E-state index in [-0.39, 0.29) is 5.91 Å². The maximum Gasteiger partial charge on any atom is 0.253 e. The monoisotopic (exact) mass is 354 g/mol. The second-order valence-corrected chi connectivity index (χ2v) is 5.19. The van der Waals surface area contributed by atoms with Gasteiger partial charge in [0, 0.05) is 22.8 Å². The number of hydrogen-bond acceptors (Lipinski definition) is 3. The molecular weight excluding hydrogens is 344 g/mol. The number of rotatable bonds is 4. The lowest BCUT2D eigenvalue weighted by Gasteiger charge is -2.09. The van der Waals surface area contributed by atoms with Crippen molar-refractivity contribution in [2.45, 2.75) is 6.54 Å². The van der Waals surface area contributed by atoms with E-state index in [1.807, 2.05) is 6.07 Å². The van der Waals surface area contributed by atoms with Gasteiger partial charge in [0.15, 0.2) is 0 Å². The number of benzene rings is 1. The van der Waals surface area contributed by atoms with Gasteiger partial charge in [-0.1, -0.05) is 23.7 Å². The topological polar surface area (TPSA) is 51.2 Å². The Kier molecular flexibility index (Phi) is 4.98. The predicted molar refractivity (Wildman–Crippen MR) is 81.1 cm³/mol. The number of nitrogens with one attached hydrogen (secondary N) is 1. The molecule has 1 aromatic heterocycles. The summed E-state index contributed by atoms with van der Waals surface area (Å²) in [7, 11) is 1.54. The summed E-state index contributed by atoms with van der Waals surface area (Å²) in [5.74, 6) is 0.246. The standard InChI is InChI=1S/C14H12BrClN2O2/c1-20-14-9(4-3-7-17-14)8-18-13(19)10-5-2-6-11(15)12(10)16/h2-7H,8H2,1H3,(H,18,19).